The molecule has 96 valence electrons. The quantitative estimate of drug-likeness (QED) is 0.877. The van der Waals surface area contributed by atoms with E-state index in [-0.39, 0.29) is 0 Å². The molecule has 0 spiro atoms. The molecule has 0 aliphatic heterocycles. The summed E-state index contributed by atoms with van der Waals surface area (Å²) in [6.07, 6.45) is 4.97. The van der Waals surface area contributed by atoms with Crippen LogP contribution in [0.4, 0.5) is 0 Å². The van der Waals surface area contributed by atoms with Gasteiger partial charge in [0.2, 0.25) is 0 Å². The van der Waals surface area contributed by atoms with Gasteiger partial charge in [-0.25, -0.2) is 0 Å². The SMILES string of the molecule is CC(C)Cn1cc(-c2cccc(CCN)c2)cn1. The molecule has 0 radical (unpaired) electrons. The van der Waals surface area contributed by atoms with Crippen molar-refractivity contribution in [2.45, 2.75) is 26.8 Å². The second-order valence-corrected chi connectivity index (χ2v) is 5.08. The number of nitrogens with two attached hydrogens (primary N) is 1. The van der Waals surface area contributed by atoms with E-state index >= 15 is 0 Å². The zero-order chi connectivity index (χ0) is 13.0. The molecule has 0 amide bonds. The number of hydrogen-bond donors (Lipinski definition) is 1. The molecule has 0 fully saturated rings. The largest absolute Gasteiger partial charge is 0.330 e. The molecule has 3 heteroatoms. The van der Waals surface area contributed by atoms with Crippen LogP contribution in [-0.2, 0) is 13.0 Å². The van der Waals surface area contributed by atoms with Crippen molar-refractivity contribution in [3.63, 3.8) is 0 Å². The summed E-state index contributed by atoms with van der Waals surface area (Å²) in [6, 6.07) is 8.52. The van der Waals surface area contributed by atoms with E-state index in [1.807, 2.05) is 10.9 Å². The highest BCUT2D eigenvalue weighted by Gasteiger charge is 2.04. The van der Waals surface area contributed by atoms with Gasteiger partial charge in [-0.05, 0) is 30.0 Å². The van der Waals surface area contributed by atoms with Crippen LogP contribution >= 0.6 is 0 Å². The molecular weight excluding hydrogens is 222 g/mol. The van der Waals surface area contributed by atoms with Crippen LogP contribution < -0.4 is 5.73 Å². The van der Waals surface area contributed by atoms with Gasteiger partial charge in [-0.1, -0.05) is 38.1 Å². The van der Waals surface area contributed by atoms with Crippen LogP contribution in [0.15, 0.2) is 36.7 Å². The highest BCUT2D eigenvalue weighted by molar-refractivity contribution is 5.62. The van der Waals surface area contributed by atoms with E-state index in [1.54, 1.807) is 0 Å². The Morgan fingerprint density at radius 3 is 2.83 bits per heavy atom. The fourth-order valence-corrected chi connectivity index (χ4v) is 2.06. The molecule has 0 atom stereocenters. The van der Waals surface area contributed by atoms with Crippen LogP contribution in [0.5, 0.6) is 0 Å². The fraction of sp³-hybridized carbons (Fsp3) is 0.400. The first-order chi connectivity index (χ1) is 8.69. The summed E-state index contributed by atoms with van der Waals surface area (Å²) in [5, 5.41) is 4.40. The summed E-state index contributed by atoms with van der Waals surface area (Å²) < 4.78 is 2.01. The number of hydrogen-bond acceptors (Lipinski definition) is 2. The Labute approximate surface area is 109 Å². The van der Waals surface area contributed by atoms with Gasteiger partial charge >= 0.3 is 0 Å². The number of rotatable bonds is 5. The van der Waals surface area contributed by atoms with E-state index in [0.717, 1.165) is 13.0 Å². The van der Waals surface area contributed by atoms with E-state index in [0.29, 0.717) is 12.5 Å². The van der Waals surface area contributed by atoms with Crippen molar-refractivity contribution in [3.8, 4) is 11.1 Å². The normalized spacial score (nSPS) is 11.1. The summed E-state index contributed by atoms with van der Waals surface area (Å²) in [4.78, 5) is 0. The summed E-state index contributed by atoms with van der Waals surface area (Å²) >= 11 is 0. The molecule has 0 saturated heterocycles. The summed E-state index contributed by atoms with van der Waals surface area (Å²) in [7, 11) is 0. The van der Waals surface area contributed by atoms with Crippen molar-refractivity contribution in [2.75, 3.05) is 6.54 Å². The predicted molar refractivity (Wildman–Crippen MR) is 75.3 cm³/mol. The molecule has 0 saturated carbocycles. The molecule has 0 aliphatic rings. The molecule has 3 nitrogen and oxygen atoms in total. The topological polar surface area (TPSA) is 43.8 Å². The molecule has 0 bridgehead atoms. The van der Waals surface area contributed by atoms with Gasteiger partial charge in [0, 0.05) is 18.3 Å². The van der Waals surface area contributed by atoms with Crippen molar-refractivity contribution >= 4 is 0 Å². The van der Waals surface area contributed by atoms with Crippen molar-refractivity contribution in [1.82, 2.24) is 9.78 Å². The molecule has 0 aliphatic carbocycles. The van der Waals surface area contributed by atoms with E-state index in [4.69, 9.17) is 5.73 Å². The second-order valence-electron chi connectivity index (χ2n) is 5.08. The standard InChI is InChI=1S/C15H21N3/c1-12(2)10-18-11-15(9-17-18)14-5-3-4-13(8-14)6-7-16/h3-5,8-9,11-12H,6-7,10,16H2,1-2H3. The van der Waals surface area contributed by atoms with Crippen molar-refractivity contribution < 1.29 is 0 Å². The predicted octanol–water partition coefficient (Wildman–Crippen LogP) is 2.71. The average Bonchev–Trinajstić information content (AvgIpc) is 2.77. The lowest BCUT2D eigenvalue weighted by Gasteiger charge is -2.04. The summed E-state index contributed by atoms with van der Waals surface area (Å²) in [5.74, 6) is 0.612. The van der Waals surface area contributed by atoms with Crippen LogP contribution in [0.1, 0.15) is 19.4 Å². The lowest BCUT2D eigenvalue weighted by molar-refractivity contribution is 0.483. The van der Waals surface area contributed by atoms with Gasteiger partial charge in [-0.3, -0.25) is 4.68 Å². The van der Waals surface area contributed by atoms with Gasteiger partial charge in [-0.2, -0.15) is 5.10 Å². The van der Waals surface area contributed by atoms with Crippen molar-refractivity contribution in [3.05, 3.63) is 42.2 Å². The lowest BCUT2D eigenvalue weighted by atomic mass is 10.0. The summed E-state index contributed by atoms with van der Waals surface area (Å²) in [6.45, 7) is 6.05. The first-order valence-electron chi connectivity index (χ1n) is 6.51. The molecule has 1 aromatic carbocycles. The van der Waals surface area contributed by atoms with Crippen LogP contribution in [0.25, 0.3) is 11.1 Å². The third-order valence-electron chi connectivity index (χ3n) is 2.88. The fourth-order valence-electron chi connectivity index (χ4n) is 2.06. The van der Waals surface area contributed by atoms with Gasteiger partial charge in [0.05, 0.1) is 6.20 Å². The van der Waals surface area contributed by atoms with E-state index in [2.05, 4.69) is 49.4 Å². The Kier molecular flexibility index (Phi) is 4.15. The Bertz CT molecular complexity index is 500. The Morgan fingerprint density at radius 2 is 2.11 bits per heavy atom. The second kappa shape index (κ2) is 5.83. The molecule has 1 aromatic heterocycles. The maximum absolute atomic E-state index is 5.59. The highest BCUT2D eigenvalue weighted by Crippen LogP contribution is 2.20. The number of aromatic nitrogens is 2. The van der Waals surface area contributed by atoms with Gasteiger partial charge in [-0.15, -0.1) is 0 Å². The van der Waals surface area contributed by atoms with Crippen LogP contribution in [0, 0.1) is 5.92 Å². The van der Waals surface area contributed by atoms with Crippen LogP contribution in [0.2, 0.25) is 0 Å². The lowest BCUT2D eigenvalue weighted by Crippen LogP contribution is -2.04. The van der Waals surface area contributed by atoms with Crippen molar-refractivity contribution in [1.29, 1.82) is 0 Å². The van der Waals surface area contributed by atoms with E-state index in [1.165, 1.54) is 16.7 Å². The van der Waals surface area contributed by atoms with E-state index in [9.17, 15) is 0 Å². The molecule has 2 rings (SSSR count). The van der Waals surface area contributed by atoms with Crippen LogP contribution in [-0.4, -0.2) is 16.3 Å². The van der Waals surface area contributed by atoms with Gasteiger partial charge in [0.25, 0.3) is 0 Å². The third kappa shape index (κ3) is 3.20. The van der Waals surface area contributed by atoms with Gasteiger partial charge in [0.1, 0.15) is 0 Å². The third-order valence-corrected chi connectivity index (χ3v) is 2.88. The maximum atomic E-state index is 5.59. The van der Waals surface area contributed by atoms with Crippen molar-refractivity contribution in [2.24, 2.45) is 11.7 Å². The zero-order valence-electron chi connectivity index (χ0n) is 11.1. The van der Waals surface area contributed by atoms with Crippen LogP contribution in [0.3, 0.4) is 0 Å². The molecule has 2 N–H and O–H groups in total. The average molecular weight is 243 g/mol. The molecular formula is C15H21N3. The number of benzene rings is 1. The highest BCUT2D eigenvalue weighted by atomic mass is 15.3. The maximum Gasteiger partial charge on any atom is 0.0568 e. The van der Waals surface area contributed by atoms with Gasteiger partial charge < -0.3 is 5.73 Å². The summed E-state index contributed by atoms with van der Waals surface area (Å²) in [5.41, 5.74) is 9.27. The minimum absolute atomic E-state index is 0.612. The first-order valence-corrected chi connectivity index (χ1v) is 6.51. The van der Waals surface area contributed by atoms with Gasteiger partial charge in [0.15, 0.2) is 0 Å². The zero-order valence-corrected chi connectivity index (χ0v) is 11.1. The molecule has 1 heterocycles. The Morgan fingerprint density at radius 1 is 1.28 bits per heavy atom. The molecule has 0 unspecified atom stereocenters. The smallest absolute Gasteiger partial charge is 0.0568 e. The monoisotopic (exact) mass is 243 g/mol. The van der Waals surface area contributed by atoms with E-state index < -0.39 is 0 Å². The molecule has 18 heavy (non-hydrogen) atoms. The molecule has 2 aromatic rings. The minimum atomic E-state index is 0.612. The Balaban J connectivity index is 2.20. The number of nitrogens with zero attached hydrogens (tertiary/aromatic N) is 2. The Hall–Kier alpha value is -1.61. The minimum Gasteiger partial charge on any atom is -0.330 e. The first kappa shape index (κ1) is 12.8.